The molecule has 0 aromatic carbocycles. The fourth-order valence-electron chi connectivity index (χ4n) is 6.29. The second-order valence-electron chi connectivity index (χ2n) is 15.9. The summed E-state index contributed by atoms with van der Waals surface area (Å²) in [5.41, 5.74) is 0. The predicted molar refractivity (Wildman–Crippen MR) is 225 cm³/mol. The highest BCUT2D eigenvalue weighted by atomic mass is 16.6. The molecule has 0 aromatic rings. The lowest BCUT2D eigenvalue weighted by Crippen LogP contribution is -2.50. The number of aliphatic carboxylic acids is 1. The van der Waals surface area contributed by atoms with Gasteiger partial charge in [0.25, 0.3) is 0 Å². The second-order valence-corrected chi connectivity index (χ2v) is 15.9. The molecular weight excluding hydrogens is 679 g/mol. The van der Waals surface area contributed by atoms with Crippen molar-refractivity contribution in [1.82, 2.24) is 0 Å². The van der Waals surface area contributed by atoms with Gasteiger partial charge in [0.05, 0.1) is 34.4 Å². The Morgan fingerprint density at radius 3 is 1.48 bits per heavy atom. The zero-order valence-electron chi connectivity index (χ0n) is 35.7. The molecule has 0 amide bonds. The fourth-order valence-corrected chi connectivity index (χ4v) is 6.29. The maximum Gasteiger partial charge on any atom is 0.362 e. The quantitative estimate of drug-likeness (QED) is 0.0288. The Morgan fingerprint density at radius 2 is 0.981 bits per heavy atom. The lowest BCUT2D eigenvalue weighted by molar-refractivity contribution is -0.887. The minimum atomic E-state index is -0.878. The van der Waals surface area contributed by atoms with Crippen LogP contribution in [0.3, 0.4) is 0 Å². The van der Waals surface area contributed by atoms with Crippen LogP contribution in [-0.4, -0.2) is 80.6 Å². The zero-order valence-corrected chi connectivity index (χ0v) is 35.7. The smallest absolute Gasteiger partial charge is 0.362 e. The number of esters is 2. The van der Waals surface area contributed by atoms with E-state index < -0.39 is 18.1 Å². The molecule has 1 N–H and O–H groups in total. The normalized spacial score (nSPS) is 13.3. The number of carbonyl (C=O) groups excluding carboxylic acids is 2. The van der Waals surface area contributed by atoms with E-state index in [1.54, 1.807) is 0 Å². The SMILES string of the molecule is CCCCC/C=C\CCCCCCCC(=O)OCC(COCCC(C(=O)O)[N+](C)(C)C)OC(=O)CCCCCCCCC/C=C\C/C=C\CCCCCC. The molecule has 0 saturated carbocycles. The maximum absolute atomic E-state index is 12.7. The van der Waals surface area contributed by atoms with Gasteiger partial charge >= 0.3 is 17.9 Å². The van der Waals surface area contributed by atoms with E-state index in [4.69, 9.17) is 14.2 Å². The molecule has 0 aliphatic rings. The van der Waals surface area contributed by atoms with Gasteiger partial charge in [-0.25, -0.2) is 4.79 Å². The van der Waals surface area contributed by atoms with Crippen molar-refractivity contribution in [2.45, 2.75) is 199 Å². The first-order valence-corrected chi connectivity index (χ1v) is 22.0. The van der Waals surface area contributed by atoms with E-state index in [1.807, 2.05) is 21.1 Å². The minimum Gasteiger partial charge on any atom is -0.477 e. The van der Waals surface area contributed by atoms with E-state index in [2.05, 4.69) is 50.3 Å². The molecule has 0 aromatic heterocycles. The molecule has 0 radical (unpaired) electrons. The van der Waals surface area contributed by atoms with Crippen molar-refractivity contribution < 1.29 is 38.2 Å². The van der Waals surface area contributed by atoms with Crippen molar-refractivity contribution in [3.05, 3.63) is 36.5 Å². The average Bonchev–Trinajstić information content (AvgIpc) is 3.12. The average molecular weight is 763 g/mol. The van der Waals surface area contributed by atoms with Crippen LogP contribution in [0, 0.1) is 0 Å². The van der Waals surface area contributed by atoms with Crippen LogP contribution in [0.4, 0.5) is 0 Å². The molecule has 54 heavy (non-hydrogen) atoms. The van der Waals surface area contributed by atoms with Crippen molar-refractivity contribution in [2.75, 3.05) is 41.0 Å². The van der Waals surface area contributed by atoms with Gasteiger partial charge in [-0.1, -0.05) is 134 Å². The number of unbranched alkanes of at least 4 members (excludes halogenated alkanes) is 19. The molecule has 8 heteroatoms. The molecule has 0 aliphatic heterocycles. The van der Waals surface area contributed by atoms with Crippen LogP contribution in [0.2, 0.25) is 0 Å². The van der Waals surface area contributed by atoms with Crippen LogP contribution in [0.25, 0.3) is 0 Å². The fraction of sp³-hybridized carbons (Fsp3) is 0.804. The number of hydrogen-bond donors (Lipinski definition) is 1. The number of hydrogen-bond acceptors (Lipinski definition) is 6. The second kappa shape index (κ2) is 37.5. The summed E-state index contributed by atoms with van der Waals surface area (Å²) in [6.45, 7) is 4.68. The van der Waals surface area contributed by atoms with Gasteiger partial charge in [0.2, 0.25) is 0 Å². The molecule has 0 aliphatic carbocycles. The van der Waals surface area contributed by atoms with Gasteiger partial charge in [-0.15, -0.1) is 0 Å². The topological polar surface area (TPSA) is 99.1 Å². The predicted octanol–water partition coefficient (Wildman–Crippen LogP) is 11.9. The third-order valence-electron chi connectivity index (χ3n) is 9.76. The number of likely N-dealkylation sites (N-methyl/N-ethyl adjacent to an activating group) is 1. The summed E-state index contributed by atoms with van der Waals surface area (Å²) in [6.07, 6.45) is 41.8. The van der Waals surface area contributed by atoms with Crippen molar-refractivity contribution in [3.63, 3.8) is 0 Å². The van der Waals surface area contributed by atoms with E-state index in [0.29, 0.717) is 19.3 Å². The summed E-state index contributed by atoms with van der Waals surface area (Å²) in [6, 6.07) is -0.616. The van der Waals surface area contributed by atoms with E-state index in [9.17, 15) is 19.5 Å². The molecule has 0 bridgehead atoms. The molecular formula is C46H84NO7+. The van der Waals surface area contributed by atoms with Gasteiger partial charge < -0.3 is 23.8 Å². The lowest BCUT2D eigenvalue weighted by atomic mass is 10.1. The van der Waals surface area contributed by atoms with Crippen LogP contribution >= 0.6 is 0 Å². The molecule has 0 spiro atoms. The van der Waals surface area contributed by atoms with Gasteiger partial charge in [-0.2, -0.15) is 0 Å². The Bertz CT molecular complexity index is 984. The molecule has 8 nitrogen and oxygen atoms in total. The van der Waals surface area contributed by atoms with Crippen LogP contribution < -0.4 is 0 Å². The molecule has 0 saturated heterocycles. The molecule has 2 unspecified atom stereocenters. The number of ether oxygens (including phenoxy) is 3. The highest BCUT2D eigenvalue weighted by molar-refractivity contribution is 5.72. The summed E-state index contributed by atoms with van der Waals surface area (Å²) in [7, 11) is 5.52. The van der Waals surface area contributed by atoms with Crippen LogP contribution in [0.1, 0.15) is 187 Å². The first-order chi connectivity index (χ1) is 26.1. The molecule has 0 rings (SSSR count). The first kappa shape index (κ1) is 51.5. The van der Waals surface area contributed by atoms with E-state index in [1.165, 1.54) is 89.9 Å². The minimum absolute atomic E-state index is 0.0561. The third kappa shape index (κ3) is 35.3. The van der Waals surface area contributed by atoms with Crippen molar-refractivity contribution in [2.24, 2.45) is 0 Å². The van der Waals surface area contributed by atoms with Crippen LogP contribution in [0.5, 0.6) is 0 Å². The Labute approximate surface area is 332 Å². The standard InChI is InChI=1S/C46H83NO7/c1-6-8-10-12-14-16-18-20-21-22-23-24-25-27-29-31-33-35-37-45(49)54-42(40-52-39-38-43(46(50)51)47(3,4)5)41-53-44(48)36-34-32-30-28-26-19-17-15-13-11-9-7-2/h15-18,21-22,42-43H,6-14,19-20,23-41H2,1-5H3/p+1/b17-15-,18-16-,22-21-. The molecule has 0 heterocycles. The Balaban J connectivity index is 4.35. The number of allylic oxidation sites excluding steroid dienone is 6. The summed E-state index contributed by atoms with van der Waals surface area (Å²) in [5, 5.41) is 9.61. The van der Waals surface area contributed by atoms with Gasteiger partial charge in [0.15, 0.2) is 12.1 Å². The number of carbonyl (C=O) groups is 3. The van der Waals surface area contributed by atoms with E-state index >= 15 is 0 Å². The van der Waals surface area contributed by atoms with E-state index in [-0.39, 0.29) is 36.2 Å². The van der Waals surface area contributed by atoms with Gasteiger partial charge in [-0.3, -0.25) is 9.59 Å². The Hall–Kier alpha value is -2.45. The van der Waals surface area contributed by atoms with Crippen LogP contribution in [0.15, 0.2) is 36.5 Å². The maximum atomic E-state index is 12.7. The van der Waals surface area contributed by atoms with Crippen molar-refractivity contribution in [3.8, 4) is 0 Å². The van der Waals surface area contributed by atoms with Crippen molar-refractivity contribution in [1.29, 1.82) is 0 Å². The summed E-state index contributed by atoms with van der Waals surface area (Å²) in [4.78, 5) is 36.9. The van der Waals surface area contributed by atoms with E-state index in [0.717, 1.165) is 64.2 Å². The number of rotatable bonds is 39. The highest BCUT2D eigenvalue weighted by Gasteiger charge is 2.31. The number of quaternary nitrogens is 1. The number of nitrogens with zero attached hydrogens (tertiary/aromatic N) is 1. The first-order valence-electron chi connectivity index (χ1n) is 22.0. The Kier molecular flexibility index (Phi) is 35.8. The molecule has 0 fully saturated rings. The summed E-state index contributed by atoms with van der Waals surface area (Å²) in [5.74, 6) is -1.49. The Morgan fingerprint density at radius 1 is 0.556 bits per heavy atom. The number of carboxylic acids is 1. The monoisotopic (exact) mass is 763 g/mol. The lowest BCUT2D eigenvalue weighted by Gasteiger charge is -2.31. The summed E-state index contributed by atoms with van der Waals surface area (Å²) >= 11 is 0. The van der Waals surface area contributed by atoms with Crippen LogP contribution in [-0.2, 0) is 28.6 Å². The molecule has 314 valence electrons. The van der Waals surface area contributed by atoms with Gasteiger partial charge in [0.1, 0.15) is 6.61 Å². The highest BCUT2D eigenvalue weighted by Crippen LogP contribution is 2.14. The zero-order chi connectivity index (χ0) is 40.0. The summed E-state index contributed by atoms with van der Waals surface area (Å²) < 4.78 is 17.3. The molecule has 2 atom stereocenters. The van der Waals surface area contributed by atoms with Crippen molar-refractivity contribution >= 4 is 17.9 Å². The largest absolute Gasteiger partial charge is 0.477 e. The van der Waals surface area contributed by atoms with Gasteiger partial charge in [0, 0.05) is 19.3 Å². The number of carboxylic acid groups (broad SMARTS) is 1. The third-order valence-corrected chi connectivity index (χ3v) is 9.76. The van der Waals surface area contributed by atoms with Gasteiger partial charge in [-0.05, 0) is 70.6 Å².